The number of amides is 1. The van der Waals surface area contributed by atoms with Crippen molar-refractivity contribution in [3.8, 4) is 0 Å². The molecule has 1 saturated heterocycles. The zero-order chi connectivity index (χ0) is 29.4. The van der Waals surface area contributed by atoms with Crippen LogP contribution < -0.4 is 5.32 Å². The van der Waals surface area contributed by atoms with Gasteiger partial charge in [-0.3, -0.25) is 4.79 Å². The van der Waals surface area contributed by atoms with Gasteiger partial charge in [-0.25, -0.2) is 27.2 Å². The van der Waals surface area contributed by atoms with Crippen molar-refractivity contribution in [3.05, 3.63) is 46.6 Å². The summed E-state index contributed by atoms with van der Waals surface area (Å²) in [6.45, 7) is 1.70. The van der Waals surface area contributed by atoms with Gasteiger partial charge >= 0.3 is 6.18 Å². The molecular weight excluding hydrogens is 579 g/mol. The average Bonchev–Trinajstić information content (AvgIpc) is 3.33. The standard InChI is InChI=1S/C25H27F5N4O4S2/c1-13(38-3)18-17(12-31-22-19(18)33-23(39-22)21(26)27)32-16-6-4-14(5-7-16)20(25(28,29)30)34(2)24(35)15-8-10-40(36,37)11-9-15/h4-7,12-13,15,20-21,32H,8-11H2,1-3H3/t13-,20-/m0/s1. The Bertz CT molecular complexity index is 1460. The van der Waals surface area contributed by atoms with Crippen molar-refractivity contribution in [2.75, 3.05) is 31.0 Å². The fraction of sp³-hybridized carbons (Fsp3) is 0.480. The van der Waals surface area contributed by atoms with Gasteiger partial charge in [0, 0.05) is 31.3 Å². The summed E-state index contributed by atoms with van der Waals surface area (Å²) in [6.07, 6.45) is -6.74. The Morgan fingerprint density at radius 1 is 1.18 bits per heavy atom. The van der Waals surface area contributed by atoms with E-state index in [9.17, 15) is 35.2 Å². The number of pyridine rings is 1. The summed E-state index contributed by atoms with van der Waals surface area (Å²) >= 11 is 0.761. The van der Waals surface area contributed by atoms with Crippen LogP contribution in [0.25, 0.3) is 10.3 Å². The summed E-state index contributed by atoms with van der Waals surface area (Å²) in [5, 5.41) is 2.66. The fourth-order valence-electron chi connectivity index (χ4n) is 4.72. The maximum absolute atomic E-state index is 14.2. The van der Waals surface area contributed by atoms with Crippen LogP contribution in [0.15, 0.2) is 30.5 Å². The molecule has 0 unspecified atom stereocenters. The number of halogens is 5. The molecule has 4 rings (SSSR count). The molecule has 1 aromatic carbocycles. The van der Waals surface area contributed by atoms with E-state index in [-0.39, 0.29) is 40.4 Å². The number of carbonyl (C=O) groups is 1. The van der Waals surface area contributed by atoms with E-state index in [2.05, 4.69) is 15.3 Å². The van der Waals surface area contributed by atoms with Crippen molar-refractivity contribution in [1.29, 1.82) is 0 Å². The topological polar surface area (TPSA) is 101 Å². The number of carbonyl (C=O) groups excluding carboxylic acids is 1. The van der Waals surface area contributed by atoms with Crippen molar-refractivity contribution in [1.82, 2.24) is 14.9 Å². The second kappa shape index (κ2) is 11.5. The van der Waals surface area contributed by atoms with E-state index in [0.717, 1.165) is 18.4 Å². The van der Waals surface area contributed by atoms with Crippen LogP contribution in [0.5, 0.6) is 0 Å². The first-order chi connectivity index (χ1) is 18.7. The van der Waals surface area contributed by atoms with E-state index in [0.29, 0.717) is 26.7 Å². The van der Waals surface area contributed by atoms with Crippen molar-refractivity contribution in [2.24, 2.45) is 5.92 Å². The van der Waals surface area contributed by atoms with Crippen LogP contribution in [0.4, 0.5) is 33.3 Å². The van der Waals surface area contributed by atoms with Crippen LogP contribution in [0.1, 0.15) is 54.5 Å². The minimum atomic E-state index is -4.79. The number of benzene rings is 1. The summed E-state index contributed by atoms with van der Waals surface area (Å²) in [4.78, 5) is 22.1. The number of aromatic nitrogens is 2. The van der Waals surface area contributed by atoms with Gasteiger partial charge in [-0.15, -0.1) is 0 Å². The molecule has 0 bridgehead atoms. The molecule has 1 aliphatic rings. The Morgan fingerprint density at radius 2 is 1.80 bits per heavy atom. The third-order valence-corrected chi connectivity index (χ3v) is 9.57. The number of rotatable bonds is 8. The summed E-state index contributed by atoms with van der Waals surface area (Å²) in [7, 11) is -0.773. The number of anilines is 2. The largest absolute Gasteiger partial charge is 0.413 e. The highest BCUT2D eigenvalue weighted by atomic mass is 32.2. The van der Waals surface area contributed by atoms with Gasteiger partial charge in [0.15, 0.2) is 11.0 Å². The van der Waals surface area contributed by atoms with E-state index >= 15 is 0 Å². The maximum atomic E-state index is 14.2. The number of ether oxygens (including phenoxy) is 1. The van der Waals surface area contributed by atoms with Gasteiger partial charge in [0.1, 0.15) is 20.2 Å². The van der Waals surface area contributed by atoms with Gasteiger partial charge in [0.25, 0.3) is 6.43 Å². The number of nitrogens with zero attached hydrogens (tertiary/aromatic N) is 3. The number of nitrogens with one attached hydrogen (secondary N) is 1. The first-order valence-corrected chi connectivity index (χ1v) is 14.9. The number of hydrogen-bond acceptors (Lipinski definition) is 8. The molecule has 1 aliphatic heterocycles. The lowest BCUT2D eigenvalue weighted by Crippen LogP contribution is -2.44. The van der Waals surface area contributed by atoms with Gasteiger partial charge in [-0.1, -0.05) is 23.5 Å². The molecule has 0 saturated carbocycles. The molecule has 40 heavy (non-hydrogen) atoms. The molecule has 0 radical (unpaired) electrons. The number of thiazole rings is 1. The normalized spacial score (nSPS) is 17.6. The Labute approximate surface area is 231 Å². The van der Waals surface area contributed by atoms with Gasteiger partial charge in [-0.05, 0) is 37.5 Å². The van der Waals surface area contributed by atoms with Crippen molar-refractivity contribution in [2.45, 2.75) is 44.5 Å². The number of fused-ring (bicyclic) bond motifs is 1. The first kappa shape index (κ1) is 30.1. The highest BCUT2D eigenvalue weighted by Crippen LogP contribution is 2.40. The molecule has 2 atom stereocenters. The number of methoxy groups -OCH3 is 1. The predicted molar refractivity (Wildman–Crippen MR) is 140 cm³/mol. The van der Waals surface area contributed by atoms with E-state index in [4.69, 9.17) is 4.74 Å². The monoisotopic (exact) mass is 606 g/mol. The van der Waals surface area contributed by atoms with Gasteiger partial charge in [0.05, 0.1) is 29.5 Å². The smallest absolute Gasteiger partial charge is 0.377 e. The van der Waals surface area contributed by atoms with E-state index in [1.165, 1.54) is 37.6 Å². The second-order valence-electron chi connectivity index (χ2n) is 9.54. The van der Waals surface area contributed by atoms with E-state index < -0.39 is 46.4 Å². The summed E-state index contributed by atoms with van der Waals surface area (Å²) < 4.78 is 97.7. The number of alkyl halides is 5. The SMILES string of the molecule is CO[C@@H](C)c1c(Nc2ccc([C@H](N(C)C(=O)C3CCS(=O)(=O)CC3)C(F)(F)F)cc2)cnc2sc(C(F)F)nc12. The molecule has 218 valence electrons. The van der Waals surface area contributed by atoms with Crippen LogP contribution in [-0.2, 0) is 19.4 Å². The molecule has 8 nitrogen and oxygen atoms in total. The average molecular weight is 607 g/mol. The molecule has 1 N–H and O–H groups in total. The maximum Gasteiger partial charge on any atom is 0.413 e. The molecular formula is C25H27F5N4O4S2. The highest BCUT2D eigenvalue weighted by Gasteiger charge is 2.46. The zero-order valence-electron chi connectivity index (χ0n) is 21.7. The van der Waals surface area contributed by atoms with E-state index in [1.54, 1.807) is 6.92 Å². The fourth-order valence-corrected chi connectivity index (χ4v) is 7.00. The highest BCUT2D eigenvalue weighted by molar-refractivity contribution is 7.91. The third-order valence-electron chi connectivity index (χ3n) is 6.88. The van der Waals surface area contributed by atoms with Crippen LogP contribution in [0.2, 0.25) is 0 Å². The van der Waals surface area contributed by atoms with Gasteiger partial charge < -0.3 is 15.0 Å². The molecule has 1 fully saturated rings. The van der Waals surface area contributed by atoms with Crippen LogP contribution >= 0.6 is 11.3 Å². The predicted octanol–water partition coefficient (Wildman–Crippen LogP) is 5.97. The number of sulfone groups is 1. The second-order valence-corrected chi connectivity index (χ2v) is 12.8. The Morgan fingerprint density at radius 3 is 2.35 bits per heavy atom. The van der Waals surface area contributed by atoms with Gasteiger partial charge in [-0.2, -0.15) is 13.2 Å². The molecule has 0 spiro atoms. The summed E-state index contributed by atoms with van der Waals surface area (Å²) in [6, 6.07) is 3.03. The van der Waals surface area contributed by atoms with Crippen LogP contribution in [0, 0.1) is 5.92 Å². The Hall–Kier alpha value is -2.91. The lowest BCUT2D eigenvalue weighted by Gasteiger charge is -2.34. The number of hydrogen-bond donors (Lipinski definition) is 1. The minimum Gasteiger partial charge on any atom is -0.377 e. The minimum absolute atomic E-state index is 0.0165. The lowest BCUT2D eigenvalue weighted by molar-refractivity contribution is -0.190. The van der Waals surface area contributed by atoms with Crippen LogP contribution in [-0.4, -0.2) is 61.0 Å². The molecule has 2 aromatic heterocycles. The first-order valence-electron chi connectivity index (χ1n) is 12.2. The lowest BCUT2D eigenvalue weighted by atomic mass is 9.98. The molecule has 1 amide bonds. The summed E-state index contributed by atoms with van der Waals surface area (Å²) in [5.74, 6) is -2.03. The quantitative estimate of drug-likeness (QED) is 0.316. The van der Waals surface area contributed by atoms with Crippen LogP contribution in [0.3, 0.4) is 0 Å². The van der Waals surface area contributed by atoms with Crippen molar-refractivity contribution in [3.63, 3.8) is 0 Å². The Balaban J connectivity index is 1.60. The van der Waals surface area contributed by atoms with E-state index in [1.807, 2.05) is 0 Å². The van der Waals surface area contributed by atoms with Crippen molar-refractivity contribution >= 4 is 48.8 Å². The molecule has 3 heterocycles. The van der Waals surface area contributed by atoms with Crippen molar-refractivity contribution < 1.29 is 39.9 Å². The zero-order valence-corrected chi connectivity index (χ0v) is 23.3. The molecule has 3 aromatic rings. The Kier molecular flexibility index (Phi) is 8.66. The molecule has 0 aliphatic carbocycles. The van der Waals surface area contributed by atoms with Gasteiger partial charge in [0.2, 0.25) is 5.91 Å². The summed E-state index contributed by atoms with van der Waals surface area (Å²) in [5.41, 5.74) is 1.29. The molecule has 15 heteroatoms. The third kappa shape index (κ3) is 6.36.